The van der Waals surface area contributed by atoms with Gasteiger partial charge in [-0.25, -0.2) is 4.68 Å². The van der Waals surface area contributed by atoms with Crippen molar-refractivity contribution < 1.29 is 14.3 Å². The molecule has 2 heterocycles. The summed E-state index contributed by atoms with van der Waals surface area (Å²) in [5.74, 6) is 0.684. The Labute approximate surface area is 240 Å². The zero-order valence-electron chi connectivity index (χ0n) is 23.0. The van der Waals surface area contributed by atoms with Gasteiger partial charge < -0.3 is 9.64 Å². The number of likely N-dealkylation sites (tertiary alicyclic amines) is 1. The molecule has 1 aliphatic heterocycles. The molecule has 1 unspecified atom stereocenters. The van der Waals surface area contributed by atoms with Crippen molar-refractivity contribution >= 4 is 17.8 Å². The van der Waals surface area contributed by atoms with Gasteiger partial charge in [-0.3, -0.25) is 9.59 Å². The maximum Gasteiger partial charge on any atom is 0.250 e. The molecule has 0 bridgehead atoms. The molecule has 7 heteroatoms. The monoisotopic (exact) mass is 546 g/mol. The van der Waals surface area contributed by atoms with Crippen LogP contribution < -0.4 is 4.74 Å². The first-order valence-electron chi connectivity index (χ1n) is 14.4. The molecule has 2 fully saturated rings. The molecule has 1 aromatic heterocycles. The number of allylic oxidation sites excluding steroid dienone is 6. The quantitative estimate of drug-likeness (QED) is 0.170. The fourth-order valence-corrected chi connectivity index (χ4v) is 5.80. The zero-order chi connectivity index (χ0) is 28.0. The van der Waals surface area contributed by atoms with E-state index in [1.165, 1.54) is 19.3 Å². The summed E-state index contributed by atoms with van der Waals surface area (Å²) in [7, 11) is 0. The number of β-lactam (4-membered cyclic amide) rings is 1. The van der Waals surface area contributed by atoms with Crippen molar-refractivity contribution in [3.8, 4) is 5.75 Å². The highest BCUT2D eigenvalue weighted by Crippen LogP contribution is 2.38. The van der Waals surface area contributed by atoms with E-state index in [4.69, 9.17) is 4.74 Å². The molecule has 0 N–H and O–H groups in total. The third-order valence-corrected chi connectivity index (χ3v) is 8.00. The fourth-order valence-electron chi connectivity index (χ4n) is 5.80. The molecule has 2 atom stereocenters. The molecule has 2 aliphatic carbocycles. The molecule has 0 spiro atoms. The lowest BCUT2D eigenvalue weighted by atomic mass is 9.85. The standard InChI is InChI=1S/C34H34N4O3/c39-32(22-16-26-11-7-8-12-26)27-17-19-30(20-18-27)41-24-28-23-37(36-35-28)33-31(21-15-25-9-3-1-4-10-25)38(34(33)40)29-13-5-2-6-14-29/h1,3-4,7,9-12,15-23,29,31,33H,2,5-6,8,13-14,24H2/b21-15+,22-16+/t31-,33?/m1/s1. The highest BCUT2D eigenvalue weighted by Gasteiger charge is 2.50. The summed E-state index contributed by atoms with van der Waals surface area (Å²) in [5, 5.41) is 8.61. The van der Waals surface area contributed by atoms with Crippen molar-refractivity contribution in [1.29, 1.82) is 0 Å². The SMILES string of the molecule is O=C(/C=C/C1=CCC=C1)c1ccc(OCc2cn(C3C(=O)N(C4CCCCC4)[C@@H]3/C=C/c3ccccc3)nn2)cc1. The van der Waals surface area contributed by atoms with Gasteiger partial charge in [0.1, 0.15) is 18.1 Å². The van der Waals surface area contributed by atoms with Crippen molar-refractivity contribution in [2.24, 2.45) is 0 Å². The van der Waals surface area contributed by atoms with Crippen molar-refractivity contribution in [3.63, 3.8) is 0 Å². The zero-order valence-corrected chi connectivity index (χ0v) is 23.0. The number of carbonyl (C=O) groups is 2. The Morgan fingerprint density at radius 3 is 2.56 bits per heavy atom. The van der Waals surface area contributed by atoms with Crippen LogP contribution in [0.1, 0.15) is 66.2 Å². The van der Waals surface area contributed by atoms with Gasteiger partial charge in [-0.15, -0.1) is 5.10 Å². The van der Waals surface area contributed by atoms with E-state index in [9.17, 15) is 9.59 Å². The van der Waals surface area contributed by atoms with Gasteiger partial charge in [0, 0.05) is 11.6 Å². The topological polar surface area (TPSA) is 77.3 Å². The summed E-state index contributed by atoms with van der Waals surface area (Å²) in [5.41, 5.74) is 3.40. The van der Waals surface area contributed by atoms with Crippen LogP contribution in [0.15, 0.2) is 103 Å². The Kier molecular flexibility index (Phi) is 8.03. The molecule has 3 aliphatic rings. The average molecular weight is 547 g/mol. The van der Waals surface area contributed by atoms with Gasteiger partial charge >= 0.3 is 0 Å². The van der Waals surface area contributed by atoms with Gasteiger partial charge in [0.05, 0.1) is 12.2 Å². The predicted octanol–water partition coefficient (Wildman–Crippen LogP) is 6.28. The molecular formula is C34H34N4O3. The highest BCUT2D eigenvalue weighted by molar-refractivity contribution is 6.04. The molecule has 6 rings (SSSR count). The molecule has 41 heavy (non-hydrogen) atoms. The number of hydrogen-bond donors (Lipinski definition) is 0. The minimum absolute atomic E-state index is 0.0519. The summed E-state index contributed by atoms with van der Waals surface area (Å²) in [6.45, 7) is 0.214. The van der Waals surface area contributed by atoms with E-state index >= 15 is 0 Å². The molecular weight excluding hydrogens is 512 g/mol. The van der Waals surface area contributed by atoms with Gasteiger partial charge in [0.15, 0.2) is 11.8 Å². The maximum atomic E-state index is 13.4. The molecule has 0 radical (unpaired) electrons. The fraction of sp³-hybridized carbons (Fsp3) is 0.294. The summed E-state index contributed by atoms with van der Waals surface area (Å²) in [6, 6.07) is 17.0. The van der Waals surface area contributed by atoms with E-state index in [-0.39, 0.29) is 30.4 Å². The average Bonchev–Trinajstić information content (AvgIpc) is 3.71. The third kappa shape index (κ3) is 6.14. The second-order valence-electron chi connectivity index (χ2n) is 10.8. The lowest BCUT2D eigenvalue weighted by molar-refractivity contribution is -0.157. The first-order valence-corrected chi connectivity index (χ1v) is 14.4. The van der Waals surface area contributed by atoms with E-state index in [0.717, 1.165) is 30.4 Å². The van der Waals surface area contributed by atoms with E-state index in [1.807, 2.05) is 30.4 Å². The minimum Gasteiger partial charge on any atom is -0.487 e. The number of benzene rings is 2. The van der Waals surface area contributed by atoms with Crippen LogP contribution in [0.4, 0.5) is 0 Å². The number of amides is 1. The molecule has 7 nitrogen and oxygen atoms in total. The van der Waals surface area contributed by atoms with Crippen LogP contribution in [-0.4, -0.2) is 43.7 Å². The van der Waals surface area contributed by atoms with E-state index in [1.54, 1.807) is 41.2 Å². The number of nitrogens with zero attached hydrogens (tertiary/aromatic N) is 4. The molecule has 1 amide bonds. The number of carbonyl (C=O) groups excluding carboxylic acids is 2. The number of aromatic nitrogens is 3. The lowest BCUT2D eigenvalue weighted by Crippen LogP contribution is -2.64. The molecule has 2 aromatic carbocycles. The molecule has 208 valence electrons. The van der Waals surface area contributed by atoms with Crippen molar-refractivity contribution in [2.45, 2.75) is 63.3 Å². The Bertz CT molecular complexity index is 1490. The Hall–Kier alpha value is -4.52. The summed E-state index contributed by atoms with van der Waals surface area (Å²) in [6.07, 6.45) is 22.2. The van der Waals surface area contributed by atoms with Gasteiger partial charge in [0.2, 0.25) is 0 Å². The summed E-state index contributed by atoms with van der Waals surface area (Å²) < 4.78 is 7.60. The van der Waals surface area contributed by atoms with Gasteiger partial charge in [0.25, 0.3) is 5.91 Å². The van der Waals surface area contributed by atoms with Crippen molar-refractivity contribution in [3.05, 3.63) is 120 Å². The van der Waals surface area contributed by atoms with Crippen LogP contribution in [-0.2, 0) is 11.4 Å². The molecule has 1 saturated heterocycles. The lowest BCUT2D eigenvalue weighted by Gasteiger charge is -2.50. The normalized spacial score (nSPS) is 21.0. The Morgan fingerprint density at radius 2 is 1.80 bits per heavy atom. The van der Waals surface area contributed by atoms with Gasteiger partial charge in [-0.05, 0) is 60.7 Å². The van der Waals surface area contributed by atoms with Crippen LogP contribution in [0, 0.1) is 0 Å². The van der Waals surface area contributed by atoms with Gasteiger partial charge in [-0.1, -0.05) is 91.3 Å². The minimum atomic E-state index is -0.410. The predicted molar refractivity (Wildman–Crippen MR) is 158 cm³/mol. The molecule has 1 saturated carbocycles. The smallest absolute Gasteiger partial charge is 0.250 e. The van der Waals surface area contributed by atoms with Crippen LogP contribution in [0.3, 0.4) is 0 Å². The van der Waals surface area contributed by atoms with Crippen LogP contribution in [0.2, 0.25) is 0 Å². The van der Waals surface area contributed by atoms with Crippen molar-refractivity contribution in [1.82, 2.24) is 19.9 Å². The largest absolute Gasteiger partial charge is 0.487 e. The Morgan fingerprint density at radius 1 is 1.00 bits per heavy atom. The van der Waals surface area contributed by atoms with E-state index < -0.39 is 6.04 Å². The van der Waals surface area contributed by atoms with Crippen molar-refractivity contribution in [2.75, 3.05) is 0 Å². The maximum absolute atomic E-state index is 13.4. The second-order valence-corrected chi connectivity index (χ2v) is 10.8. The van der Waals surface area contributed by atoms with E-state index in [0.29, 0.717) is 17.0 Å². The number of ketones is 1. The van der Waals surface area contributed by atoms with Crippen LogP contribution in [0.5, 0.6) is 5.75 Å². The number of hydrogen-bond acceptors (Lipinski definition) is 5. The molecule has 3 aromatic rings. The van der Waals surface area contributed by atoms with Gasteiger partial charge in [-0.2, -0.15) is 0 Å². The van der Waals surface area contributed by atoms with Crippen LogP contribution in [0.25, 0.3) is 6.08 Å². The summed E-state index contributed by atoms with van der Waals surface area (Å²) in [4.78, 5) is 27.9. The number of rotatable bonds is 10. The van der Waals surface area contributed by atoms with Crippen LogP contribution >= 0.6 is 0 Å². The Balaban J connectivity index is 1.10. The first kappa shape index (κ1) is 26.7. The first-order chi connectivity index (χ1) is 20.2. The van der Waals surface area contributed by atoms with E-state index in [2.05, 4.69) is 51.6 Å². The highest BCUT2D eigenvalue weighted by atomic mass is 16.5. The third-order valence-electron chi connectivity index (χ3n) is 8.00. The summed E-state index contributed by atoms with van der Waals surface area (Å²) >= 11 is 0. The second kappa shape index (κ2) is 12.3. The number of ether oxygens (including phenoxy) is 1.